The van der Waals surface area contributed by atoms with Crippen molar-refractivity contribution < 1.29 is 13.9 Å². The zero-order valence-corrected chi connectivity index (χ0v) is 19.2. The van der Waals surface area contributed by atoms with Gasteiger partial charge in [-0.3, -0.25) is 4.98 Å². The smallest absolute Gasteiger partial charge is 0.338 e. The van der Waals surface area contributed by atoms with E-state index in [4.69, 9.17) is 9.15 Å². The minimum atomic E-state index is -0.345. The first kappa shape index (κ1) is 21.7. The van der Waals surface area contributed by atoms with Crippen molar-refractivity contribution in [3.8, 4) is 28.5 Å². The van der Waals surface area contributed by atoms with Gasteiger partial charge >= 0.3 is 5.97 Å². The number of pyridine rings is 1. The lowest BCUT2D eigenvalue weighted by Gasteiger charge is -2.20. The van der Waals surface area contributed by atoms with E-state index in [1.54, 1.807) is 25.3 Å². The van der Waals surface area contributed by atoms with E-state index in [1.807, 2.05) is 42.5 Å². The molecule has 0 saturated carbocycles. The standard InChI is InChI=1S/C28H25N3O3/c1-3-33-28(32)20-6-4-19(5-7-20)26-15-24-27(34-26)23(10-12-30-24)21-8-9-25(22(14-21)16-29)31-13-11-18(2)17-31/h4-10,12,14-15,18H,3,11,13,17H2,1-2H3. The highest BCUT2D eigenvalue weighted by Crippen LogP contribution is 2.36. The van der Waals surface area contributed by atoms with Crippen LogP contribution in [0.4, 0.5) is 5.69 Å². The Morgan fingerprint density at radius 2 is 1.97 bits per heavy atom. The van der Waals surface area contributed by atoms with Crippen LogP contribution in [-0.2, 0) is 4.74 Å². The molecule has 0 spiro atoms. The molecule has 1 atom stereocenters. The molecule has 1 saturated heterocycles. The van der Waals surface area contributed by atoms with E-state index in [1.165, 1.54) is 0 Å². The Bertz CT molecular complexity index is 1400. The molecule has 5 rings (SSSR count). The van der Waals surface area contributed by atoms with Crippen molar-refractivity contribution in [2.45, 2.75) is 20.3 Å². The Kier molecular flexibility index (Phi) is 5.77. The largest absolute Gasteiger partial charge is 0.462 e. The van der Waals surface area contributed by atoms with Crippen LogP contribution in [0, 0.1) is 17.2 Å². The lowest BCUT2D eigenvalue weighted by atomic mass is 10.0. The van der Waals surface area contributed by atoms with Gasteiger partial charge in [-0.15, -0.1) is 0 Å². The molecule has 0 aliphatic carbocycles. The average Bonchev–Trinajstić information content (AvgIpc) is 3.50. The van der Waals surface area contributed by atoms with Crippen LogP contribution in [0.25, 0.3) is 33.6 Å². The molecule has 2 aromatic heterocycles. The van der Waals surface area contributed by atoms with Crippen LogP contribution >= 0.6 is 0 Å². The van der Waals surface area contributed by atoms with Gasteiger partial charge in [-0.25, -0.2) is 4.79 Å². The zero-order valence-electron chi connectivity index (χ0n) is 19.2. The van der Waals surface area contributed by atoms with Gasteiger partial charge in [0.25, 0.3) is 0 Å². The van der Waals surface area contributed by atoms with E-state index in [2.05, 4.69) is 22.9 Å². The van der Waals surface area contributed by atoms with Crippen LogP contribution in [0.15, 0.2) is 65.2 Å². The topological polar surface area (TPSA) is 79.4 Å². The summed E-state index contributed by atoms with van der Waals surface area (Å²) in [6, 6.07) is 19.3. The molecule has 3 heterocycles. The van der Waals surface area contributed by atoms with E-state index in [0.717, 1.165) is 47.4 Å². The van der Waals surface area contributed by atoms with Crippen molar-refractivity contribution in [3.05, 3.63) is 71.9 Å². The molecular weight excluding hydrogens is 426 g/mol. The number of nitrogens with zero attached hydrogens (tertiary/aromatic N) is 3. The highest BCUT2D eigenvalue weighted by Gasteiger charge is 2.22. The molecule has 6 heteroatoms. The van der Waals surface area contributed by atoms with Crippen molar-refractivity contribution in [2.75, 3.05) is 24.6 Å². The quantitative estimate of drug-likeness (QED) is 0.343. The Morgan fingerprint density at radius 3 is 2.68 bits per heavy atom. The Balaban J connectivity index is 1.50. The molecule has 0 amide bonds. The minimum absolute atomic E-state index is 0.338. The lowest BCUT2D eigenvalue weighted by molar-refractivity contribution is 0.0526. The molecule has 0 bridgehead atoms. The number of anilines is 1. The van der Waals surface area contributed by atoms with Gasteiger partial charge in [-0.05, 0) is 55.2 Å². The fourth-order valence-corrected chi connectivity index (χ4v) is 4.52. The maximum atomic E-state index is 11.9. The molecule has 0 radical (unpaired) electrons. The number of nitriles is 1. The summed E-state index contributed by atoms with van der Waals surface area (Å²) < 4.78 is 11.3. The van der Waals surface area contributed by atoms with Crippen LogP contribution in [0.1, 0.15) is 36.2 Å². The molecule has 1 fully saturated rings. The van der Waals surface area contributed by atoms with Gasteiger partial charge in [-0.1, -0.05) is 25.1 Å². The second-order valence-electron chi connectivity index (χ2n) is 8.66. The second-order valence-corrected chi connectivity index (χ2v) is 8.66. The molecule has 170 valence electrons. The molecule has 34 heavy (non-hydrogen) atoms. The number of ether oxygens (including phenoxy) is 1. The van der Waals surface area contributed by atoms with E-state index in [9.17, 15) is 10.1 Å². The first-order valence-corrected chi connectivity index (χ1v) is 11.5. The summed E-state index contributed by atoms with van der Waals surface area (Å²) in [5.41, 5.74) is 6.19. The molecule has 1 aliphatic rings. The van der Waals surface area contributed by atoms with Gasteiger partial charge in [0.1, 0.15) is 17.3 Å². The third kappa shape index (κ3) is 4.01. The van der Waals surface area contributed by atoms with Gasteiger partial charge in [-0.2, -0.15) is 5.26 Å². The highest BCUT2D eigenvalue weighted by molar-refractivity contribution is 5.94. The first-order chi connectivity index (χ1) is 16.6. The van der Waals surface area contributed by atoms with Crippen LogP contribution in [-0.4, -0.2) is 30.6 Å². The van der Waals surface area contributed by atoms with Crippen molar-refractivity contribution in [2.24, 2.45) is 5.92 Å². The number of hydrogen-bond donors (Lipinski definition) is 0. The summed E-state index contributed by atoms with van der Waals surface area (Å²) in [4.78, 5) is 18.7. The summed E-state index contributed by atoms with van der Waals surface area (Å²) in [5, 5.41) is 9.83. The minimum Gasteiger partial charge on any atom is -0.462 e. The zero-order chi connectivity index (χ0) is 23.7. The number of fused-ring (bicyclic) bond motifs is 1. The fourth-order valence-electron chi connectivity index (χ4n) is 4.52. The maximum Gasteiger partial charge on any atom is 0.338 e. The number of rotatable bonds is 5. The predicted molar refractivity (Wildman–Crippen MR) is 132 cm³/mol. The van der Waals surface area contributed by atoms with Crippen molar-refractivity contribution in [3.63, 3.8) is 0 Å². The van der Waals surface area contributed by atoms with Crippen LogP contribution in [0.2, 0.25) is 0 Å². The van der Waals surface area contributed by atoms with Crippen LogP contribution < -0.4 is 4.90 Å². The third-order valence-electron chi connectivity index (χ3n) is 6.29. The summed E-state index contributed by atoms with van der Waals surface area (Å²) in [6.07, 6.45) is 2.90. The summed E-state index contributed by atoms with van der Waals surface area (Å²) in [7, 11) is 0. The third-order valence-corrected chi connectivity index (χ3v) is 6.29. The van der Waals surface area contributed by atoms with Gasteiger partial charge in [0.2, 0.25) is 0 Å². The molecule has 4 aromatic rings. The summed E-state index contributed by atoms with van der Waals surface area (Å²) >= 11 is 0. The predicted octanol–water partition coefficient (Wildman–Crippen LogP) is 6.06. The molecule has 1 unspecified atom stereocenters. The molecule has 1 aliphatic heterocycles. The second kappa shape index (κ2) is 9.03. The fraction of sp³-hybridized carbons (Fsp3) is 0.250. The number of esters is 1. The van der Waals surface area contributed by atoms with E-state index < -0.39 is 0 Å². The van der Waals surface area contributed by atoms with E-state index in [-0.39, 0.29) is 5.97 Å². The summed E-state index contributed by atoms with van der Waals surface area (Å²) in [6.45, 7) is 6.32. The van der Waals surface area contributed by atoms with E-state index >= 15 is 0 Å². The van der Waals surface area contributed by atoms with Gasteiger partial charge in [0.15, 0.2) is 5.58 Å². The number of aromatic nitrogens is 1. The van der Waals surface area contributed by atoms with Crippen molar-refractivity contribution in [1.82, 2.24) is 4.98 Å². The van der Waals surface area contributed by atoms with Gasteiger partial charge < -0.3 is 14.1 Å². The van der Waals surface area contributed by atoms with Crippen LogP contribution in [0.3, 0.4) is 0 Å². The van der Waals surface area contributed by atoms with Crippen molar-refractivity contribution in [1.29, 1.82) is 5.26 Å². The van der Waals surface area contributed by atoms with Gasteiger partial charge in [0, 0.05) is 36.5 Å². The Morgan fingerprint density at radius 1 is 1.18 bits per heavy atom. The van der Waals surface area contributed by atoms with Crippen LogP contribution in [0.5, 0.6) is 0 Å². The molecular formula is C28H25N3O3. The number of hydrogen-bond acceptors (Lipinski definition) is 6. The maximum absolute atomic E-state index is 11.9. The lowest BCUT2D eigenvalue weighted by Crippen LogP contribution is -2.20. The Hall–Kier alpha value is -4.11. The van der Waals surface area contributed by atoms with Gasteiger partial charge in [0.05, 0.1) is 23.4 Å². The number of carbonyl (C=O) groups is 1. The normalized spacial score (nSPS) is 15.4. The number of benzene rings is 2. The SMILES string of the molecule is CCOC(=O)c1ccc(-c2cc3nccc(-c4ccc(N5CCC(C)C5)c(C#N)c4)c3o2)cc1. The summed E-state index contributed by atoms with van der Waals surface area (Å²) in [5.74, 6) is 0.954. The molecule has 2 aromatic carbocycles. The first-order valence-electron chi connectivity index (χ1n) is 11.5. The van der Waals surface area contributed by atoms with Crippen molar-refractivity contribution >= 4 is 22.8 Å². The average molecular weight is 452 g/mol. The molecule has 6 nitrogen and oxygen atoms in total. The van der Waals surface area contributed by atoms with E-state index in [0.29, 0.717) is 35.0 Å². The monoisotopic (exact) mass is 451 g/mol. The molecule has 0 N–H and O–H groups in total. The number of furan rings is 1. The Labute approximate surface area is 198 Å². The highest BCUT2D eigenvalue weighted by atomic mass is 16.5. The number of carbonyl (C=O) groups excluding carboxylic acids is 1.